The van der Waals surface area contributed by atoms with Crippen LogP contribution in [0.2, 0.25) is 0 Å². The Kier molecular flexibility index (Phi) is 5.06. The Morgan fingerprint density at radius 2 is 2.23 bits per heavy atom. The third-order valence-corrected chi connectivity index (χ3v) is 3.91. The van der Waals surface area contributed by atoms with E-state index in [9.17, 15) is 9.18 Å². The molecule has 0 saturated carbocycles. The van der Waals surface area contributed by atoms with E-state index in [0.29, 0.717) is 24.4 Å². The molecule has 0 fully saturated rings. The number of carbonyl (C=O) groups excluding carboxylic acids is 1. The molecule has 0 aromatic heterocycles. The van der Waals surface area contributed by atoms with Gasteiger partial charge in [-0.3, -0.25) is 4.79 Å². The molecule has 0 saturated heterocycles. The highest BCUT2D eigenvalue weighted by atomic mass is 19.1. The average Bonchev–Trinajstić information content (AvgIpc) is 2.48. The van der Waals surface area contributed by atoms with Gasteiger partial charge in [0.05, 0.1) is 0 Å². The van der Waals surface area contributed by atoms with Crippen LogP contribution in [0, 0.1) is 23.1 Å². The van der Waals surface area contributed by atoms with Gasteiger partial charge in [0.1, 0.15) is 5.82 Å². The van der Waals surface area contributed by atoms with Gasteiger partial charge in [-0.2, -0.15) is 0 Å². The first kappa shape index (κ1) is 16.3. The van der Waals surface area contributed by atoms with Gasteiger partial charge in [-0.05, 0) is 30.0 Å². The number of amides is 1. The summed E-state index contributed by atoms with van der Waals surface area (Å²) >= 11 is 0. The summed E-state index contributed by atoms with van der Waals surface area (Å²) in [5, 5.41) is 7.64. The van der Waals surface area contributed by atoms with Crippen molar-refractivity contribution >= 4 is 18.3 Å². The molecule has 1 N–H and O–H groups in total. The van der Waals surface area contributed by atoms with Crippen LogP contribution in [0.1, 0.15) is 29.8 Å². The molecule has 22 heavy (non-hydrogen) atoms. The second-order valence-corrected chi connectivity index (χ2v) is 6.08. The SMILES string of the molecule is CN=CC(C=N)C1Cc2ccc(F)cc2C(=O)N1CC(C)C. The Hall–Kier alpha value is -2.04. The highest BCUT2D eigenvalue weighted by molar-refractivity contribution is 5.98. The highest BCUT2D eigenvalue weighted by Gasteiger charge is 2.36. The van der Waals surface area contributed by atoms with E-state index in [-0.39, 0.29) is 17.9 Å². The molecule has 1 aromatic rings. The van der Waals surface area contributed by atoms with Crippen molar-refractivity contribution in [3.05, 3.63) is 35.1 Å². The molecule has 2 atom stereocenters. The van der Waals surface area contributed by atoms with Crippen LogP contribution in [0.5, 0.6) is 0 Å². The maximum atomic E-state index is 13.5. The van der Waals surface area contributed by atoms with Gasteiger partial charge >= 0.3 is 0 Å². The third-order valence-electron chi connectivity index (χ3n) is 3.91. The van der Waals surface area contributed by atoms with Crippen molar-refractivity contribution in [3.63, 3.8) is 0 Å². The van der Waals surface area contributed by atoms with Crippen molar-refractivity contribution in [2.45, 2.75) is 26.3 Å². The molecule has 2 unspecified atom stereocenters. The van der Waals surface area contributed by atoms with E-state index in [2.05, 4.69) is 4.99 Å². The molecule has 118 valence electrons. The largest absolute Gasteiger partial charge is 0.334 e. The predicted octanol–water partition coefficient (Wildman–Crippen LogP) is 2.81. The summed E-state index contributed by atoms with van der Waals surface area (Å²) < 4.78 is 13.5. The lowest BCUT2D eigenvalue weighted by Gasteiger charge is -2.39. The number of hydrogen-bond acceptors (Lipinski definition) is 3. The van der Waals surface area contributed by atoms with Crippen molar-refractivity contribution in [2.24, 2.45) is 16.8 Å². The first-order chi connectivity index (χ1) is 10.5. The van der Waals surface area contributed by atoms with Gasteiger partial charge in [-0.25, -0.2) is 4.39 Å². The average molecular weight is 303 g/mol. The Morgan fingerprint density at radius 1 is 1.50 bits per heavy atom. The van der Waals surface area contributed by atoms with Gasteiger partial charge in [-0.1, -0.05) is 19.9 Å². The quantitative estimate of drug-likeness (QED) is 0.836. The van der Waals surface area contributed by atoms with E-state index in [1.54, 1.807) is 24.2 Å². The van der Waals surface area contributed by atoms with Crippen LogP contribution in [0.25, 0.3) is 0 Å². The zero-order chi connectivity index (χ0) is 16.3. The maximum Gasteiger partial charge on any atom is 0.254 e. The number of aliphatic imine (C=N–C) groups is 1. The minimum absolute atomic E-state index is 0.144. The zero-order valence-corrected chi connectivity index (χ0v) is 13.2. The van der Waals surface area contributed by atoms with Crippen LogP contribution in [-0.4, -0.2) is 42.9 Å². The standard InChI is InChI=1S/C17H22FN3O/c1-11(2)10-21-16(13(8-19)9-20-3)6-12-4-5-14(18)7-15(12)17(21)22/h4-5,7-9,11,13,16,19H,6,10H2,1-3H3. The van der Waals surface area contributed by atoms with E-state index in [1.807, 2.05) is 13.8 Å². The lowest BCUT2D eigenvalue weighted by atomic mass is 9.86. The predicted molar refractivity (Wildman–Crippen MR) is 86.5 cm³/mol. The van der Waals surface area contributed by atoms with E-state index in [4.69, 9.17) is 5.41 Å². The number of benzene rings is 1. The molecule has 1 amide bonds. The second kappa shape index (κ2) is 6.81. The summed E-state index contributed by atoms with van der Waals surface area (Å²) in [6, 6.07) is 4.23. The highest BCUT2D eigenvalue weighted by Crippen LogP contribution is 2.28. The number of fused-ring (bicyclic) bond motifs is 1. The van der Waals surface area contributed by atoms with Crippen molar-refractivity contribution in [1.29, 1.82) is 5.41 Å². The van der Waals surface area contributed by atoms with Crippen molar-refractivity contribution < 1.29 is 9.18 Å². The molecule has 0 bridgehead atoms. The van der Waals surface area contributed by atoms with Crippen LogP contribution >= 0.6 is 0 Å². The number of halogens is 1. The molecule has 4 nitrogen and oxygen atoms in total. The molecule has 1 heterocycles. The lowest BCUT2D eigenvalue weighted by molar-refractivity contribution is 0.0609. The van der Waals surface area contributed by atoms with Gasteiger partial charge in [0, 0.05) is 43.5 Å². The minimum Gasteiger partial charge on any atom is -0.334 e. The molecular weight excluding hydrogens is 281 g/mol. The Bertz CT molecular complexity index is 598. The zero-order valence-electron chi connectivity index (χ0n) is 13.2. The fraction of sp³-hybridized carbons (Fsp3) is 0.471. The molecule has 1 aromatic carbocycles. The monoisotopic (exact) mass is 303 g/mol. The fourth-order valence-electron chi connectivity index (χ4n) is 2.95. The van der Waals surface area contributed by atoms with Gasteiger partial charge < -0.3 is 15.3 Å². The summed E-state index contributed by atoms with van der Waals surface area (Å²) in [6.45, 7) is 4.67. The van der Waals surface area contributed by atoms with Gasteiger partial charge in [0.2, 0.25) is 0 Å². The molecule has 1 aliphatic rings. The molecule has 2 rings (SSSR count). The first-order valence-electron chi connectivity index (χ1n) is 7.50. The lowest BCUT2D eigenvalue weighted by Crippen LogP contribution is -2.51. The van der Waals surface area contributed by atoms with Crippen LogP contribution in [0.3, 0.4) is 0 Å². The Morgan fingerprint density at radius 3 is 2.82 bits per heavy atom. The van der Waals surface area contributed by atoms with Crippen LogP contribution in [-0.2, 0) is 6.42 Å². The van der Waals surface area contributed by atoms with Crippen molar-refractivity contribution in [2.75, 3.05) is 13.6 Å². The van der Waals surface area contributed by atoms with E-state index >= 15 is 0 Å². The Balaban J connectivity index is 2.45. The van der Waals surface area contributed by atoms with E-state index in [0.717, 1.165) is 5.56 Å². The van der Waals surface area contributed by atoms with Crippen LogP contribution in [0.15, 0.2) is 23.2 Å². The fourth-order valence-corrected chi connectivity index (χ4v) is 2.95. The minimum atomic E-state index is -0.395. The topological polar surface area (TPSA) is 56.5 Å². The van der Waals surface area contributed by atoms with Crippen LogP contribution in [0.4, 0.5) is 4.39 Å². The molecule has 5 heteroatoms. The Labute approximate surface area is 130 Å². The molecule has 0 radical (unpaired) electrons. The van der Waals surface area contributed by atoms with E-state index in [1.165, 1.54) is 18.3 Å². The van der Waals surface area contributed by atoms with Crippen molar-refractivity contribution in [1.82, 2.24) is 4.90 Å². The van der Waals surface area contributed by atoms with Gasteiger partial charge in [0.25, 0.3) is 5.91 Å². The summed E-state index contributed by atoms with van der Waals surface area (Å²) in [5.74, 6) is -0.484. The maximum absolute atomic E-state index is 13.5. The number of nitrogens with one attached hydrogen (secondary N) is 1. The molecule has 1 aliphatic heterocycles. The summed E-state index contributed by atoms with van der Waals surface area (Å²) in [7, 11) is 1.66. The molecule has 0 spiro atoms. The van der Waals surface area contributed by atoms with Gasteiger partial charge in [0.15, 0.2) is 0 Å². The molecule has 0 aliphatic carbocycles. The number of carbonyl (C=O) groups is 1. The number of hydrogen-bond donors (Lipinski definition) is 1. The number of rotatable bonds is 5. The normalized spacial score (nSPS) is 19.6. The van der Waals surface area contributed by atoms with E-state index < -0.39 is 5.82 Å². The van der Waals surface area contributed by atoms with Crippen LogP contribution < -0.4 is 0 Å². The summed E-state index contributed by atoms with van der Waals surface area (Å²) in [6.07, 6.45) is 3.64. The first-order valence-corrected chi connectivity index (χ1v) is 7.50. The molecular formula is C17H22FN3O. The summed E-state index contributed by atoms with van der Waals surface area (Å²) in [4.78, 5) is 18.6. The second-order valence-electron chi connectivity index (χ2n) is 6.08. The smallest absolute Gasteiger partial charge is 0.254 e. The third kappa shape index (κ3) is 3.24. The summed E-state index contributed by atoms with van der Waals surface area (Å²) in [5.41, 5.74) is 1.28. The van der Waals surface area contributed by atoms with Gasteiger partial charge in [-0.15, -0.1) is 0 Å². The number of nitrogens with zero attached hydrogens (tertiary/aromatic N) is 2. The van der Waals surface area contributed by atoms with Crippen molar-refractivity contribution in [3.8, 4) is 0 Å².